The van der Waals surface area contributed by atoms with E-state index in [-0.39, 0.29) is 36.3 Å². The lowest BCUT2D eigenvalue weighted by Gasteiger charge is -2.52. The molecule has 5 nitrogen and oxygen atoms in total. The zero-order chi connectivity index (χ0) is 24.5. The molecule has 0 radical (unpaired) electrons. The molecule has 0 N–H and O–H groups in total. The van der Waals surface area contributed by atoms with Gasteiger partial charge in [0.2, 0.25) is 5.91 Å². The predicted molar refractivity (Wildman–Crippen MR) is 135 cm³/mol. The van der Waals surface area contributed by atoms with Crippen LogP contribution in [0.3, 0.4) is 0 Å². The number of piperidine rings is 1. The van der Waals surface area contributed by atoms with E-state index in [4.69, 9.17) is 28.0 Å². The van der Waals surface area contributed by atoms with E-state index >= 15 is 0 Å². The average molecular weight is 501 g/mol. The number of likely N-dealkylation sites (tertiary alicyclic amines) is 1. The molecule has 1 amide bonds. The van der Waals surface area contributed by atoms with Crippen LogP contribution in [0.25, 0.3) is 0 Å². The number of halogens is 2. The van der Waals surface area contributed by atoms with Gasteiger partial charge in [0.15, 0.2) is 0 Å². The molecule has 3 atom stereocenters. The fraction of sp³-hybridized carbons (Fsp3) is 0.444. The second kappa shape index (κ2) is 10.1. The first kappa shape index (κ1) is 24.7. The molecular weight excluding hydrogens is 471 g/mol. The van der Waals surface area contributed by atoms with E-state index in [2.05, 4.69) is 30.0 Å². The molecule has 7 heteroatoms. The third-order valence-corrected chi connectivity index (χ3v) is 7.63. The summed E-state index contributed by atoms with van der Waals surface area (Å²) in [5, 5.41) is 5.29. The highest BCUT2D eigenvalue weighted by Crippen LogP contribution is 2.52. The minimum atomic E-state index is -0.731. The molecular formula is C27H30Cl2N2O3. The first-order valence-corrected chi connectivity index (χ1v) is 12.6. The van der Waals surface area contributed by atoms with E-state index in [0.717, 1.165) is 24.0 Å². The van der Waals surface area contributed by atoms with Gasteiger partial charge in [-0.2, -0.15) is 0 Å². The Kier molecular flexibility index (Phi) is 7.34. The van der Waals surface area contributed by atoms with Crippen molar-refractivity contribution in [3.05, 3.63) is 69.7 Å². The van der Waals surface area contributed by atoms with Gasteiger partial charge in [-0.05, 0) is 54.7 Å². The van der Waals surface area contributed by atoms with Crippen LogP contribution in [0.4, 0.5) is 0 Å². The van der Waals surface area contributed by atoms with Gasteiger partial charge < -0.3 is 9.74 Å². The summed E-state index contributed by atoms with van der Waals surface area (Å²) in [5.41, 5.74) is 2.03. The van der Waals surface area contributed by atoms with Gasteiger partial charge in [-0.1, -0.05) is 73.4 Å². The van der Waals surface area contributed by atoms with Crippen molar-refractivity contribution < 1.29 is 14.4 Å². The average Bonchev–Trinajstić information content (AvgIpc) is 3.22. The Morgan fingerprint density at radius 1 is 1.06 bits per heavy atom. The number of carbonyl (C=O) groups is 2. The molecule has 2 aromatic carbocycles. The Labute approximate surface area is 211 Å². The Morgan fingerprint density at radius 2 is 1.76 bits per heavy atom. The number of rotatable bonds is 7. The number of benzene rings is 2. The summed E-state index contributed by atoms with van der Waals surface area (Å²) in [4.78, 5) is 32.8. The minimum Gasteiger partial charge on any atom is -0.332 e. The zero-order valence-electron chi connectivity index (χ0n) is 19.8. The molecule has 0 aromatic heterocycles. The van der Waals surface area contributed by atoms with Crippen molar-refractivity contribution >= 4 is 40.8 Å². The molecule has 2 aromatic rings. The van der Waals surface area contributed by atoms with Crippen LogP contribution < -0.4 is 0 Å². The quantitative estimate of drug-likeness (QED) is 0.386. The van der Waals surface area contributed by atoms with E-state index < -0.39 is 5.41 Å². The monoisotopic (exact) mass is 500 g/mol. The zero-order valence-corrected chi connectivity index (χ0v) is 21.3. The number of hydrogen-bond donors (Lipinski definition) is 0. The Morgan fingerprint density at radius 3 is 2.35 bits per heavy atom. The van der Waals surface area contributed by atoms with E-state index in [1.807, 2.05) is 49.4 Å². The molecule has 1 saturated heterocycles. The van der Waals surface area contributed by atoms with Crippen molar-refractivity contribution in [3.63, 3.8) is 0 Å². The van der Waals surface area contributed by atoms with E-state index in [1.165, 1.54) is 0 Å². The fourth-order valence-corrected chi connectivity index (χ4v) is 5.85. The molecule has 2 heterocycles. The van der Waals surface area contributed by atoms with Gasteiger partial charge in [-0.25, -0.2) is 4.79 Å². The van der Waals surface area contributed by atoms with Crippen LogP contribution in [0, 0.1) is 5.41 Å². The summed E-state index contributed by atoms with van der Waals surface area (Å²) in [6, 6.07) is 15.6. The first-order chi connectivity index (χ1) is 16.3. The molecule has 180 valence electrons. The van der Waals surface area contributed by atoms with Crippen molar-refractivity contribution in [2.45, 2.75) is 70.9 Å². The summed E-state index contributed by atoms with van der Waals surface area (Å²) >= 11 is 12.6. The Hall–Kier alpha value is -2.37. The lowest BCUT2D eigenvalue weighted by atomic mass is 9.66. The van der Waals surface area contributed by atoms with Gasteiger partial charge in [0.25, 0.3) is 0 Å². The van der Waals surface area contributed by atoms with Crippen molar-refractivity contribution in [3.8, 4) is 0 Å². The molecule has 0 aliphatic carbocycles. The number of carbonyl (C=O) groups excluding carboxylic acids is 2. The summed E-state index contributed by atoms with van der Waals surface area (Å²) in [5.74, 6) is -0.285. The molecule has 2 aliphatic rings. The van der Waals surface area contributed by atoms with Crippen molar-refractivity contribution in [2.24, 2.45) is 10.6 Å². The maximum atomic E-state index is 14.3. The summed E-state index contributed by atoms with van der Waals surface area (Å²) in [6.07, 6.45) is 2.80. The molecule has 0 saturated carbocycles. The standard InChI is InChI=1S/C27H30Cl2N2O3/c1-4-22(5-2)31-25(17-9-11-19(28)12-10-17)23(18-7-6-8-20(29)13-18)16-27(3,26(31)33)15-21-14-24(32)34-30-21/h6-13,22-23,25H,4-5,14-16H2,1-3H3/t23-,25-,27+/m1/s1. The van der Waals surface area contributed by atoms with Crippen LogP contribution in [0.5, 0.6) is 0 Å². The van der Waals surface area contributed by atoms with E-state index in [9.17, 15) is 9.59 Å². The van der Waals surface area contributed by atoms with Crippen LogP contribution in [0.2, 0.25) is 10.0 Å². The van der Waals surface area contributed by atoms with Crippen molar-refractivity contribution in [1.82, 2.24) is 4.90 Å². The second-order valence-electron chi connectivity index (χ2n) is 9.58. The summed E-state index contributed by atoms with van der Waals surface area (Å²) in [6.45, 7) is 6.23. The lowest BCUT2D eigenvalue weighted by molar-refractivity contribution is -0.154. The Bertz CT molecular complexity index is 1100. The van der Waals surface area contributed by atoms with Gasteiger partial charge in [0, 0.05) is 28.4 Å². The van der Waals surface area contributed by atoms with Gasteiger partial charge in [0.05, 0.1) is 23.6 Å². The highest BCUT2D eigenvalue weighted by atomic mass is 35.5. The van der Waals surface area contributed by atoms with Crippen LogP contribution >= 0.6 is 23.2 Å². The van der Waals surface area contributed by atoms with Crippen LogP contribution in [0.15, 0.2) is 53.7 Å². The predicted octanol–water partition coefficient (Wildman–Crippen LogP) is 6.94. The smallest absolute Gasteiger partial charge is 0.332 e. The van der Waals surface area contributed by atoms with Gasteiger partial charge in [-0.3, -0.25) is 4.79 Å². The number of oxime groups is 1. The fourth-order valence-electron chi connectivity index (χ4n) is 5.52. The first-order valence-electron chi connectivity index (χ1n) is 11.8. The maximum Gasteiger partial charge on any atom is 0.340 e. The van der Waals surface area contributed by atoms with Crippen LogP contribution in [0.1, 0.15) is 76.0 Å². The topological polar surface area (TPSA) is 59.0 Å². The molecule has 34 heavy (non-hydrogen) atoms. The minimum absolute atomic E-state index is 0.00167. The van der Waals surface area contributed by atoms with Gasteiger partial charge in [0.1, 0.15) is 0 Å². The molecule has 0 unspecified atom stereocenters. The van der Waals surface area contributed by atoms with Crippen molar-refractivity contribution in [1.29, 1.82) is 0 Å². The van der Waals surface area contributed by atoms with Crippen LogP contribution in [-0.2, 0) is 14.4 Å². The molecule has 4 rings (SSSR count). The summed E-state index contributed by atoms with van der Waals surface area (Å²) in [7, 11) is 0. The van der Waals surface area contributed by atoms with E-state index in [1.54, 1.807) is 0 Å². The third-order valence-electron chi connectivity index (χ3n) is 7.15. The molecule has 0 spiro atoms. The number of nitrogens with zero attached hydrogens (tertiary/aromatic N) is 2. The lowest BCUT2D eigenvalue weighted by Crippen LogP contribution is -2.55. The Balaban J connectivity index is 1.85. The van der Waals surface area contributed by atoms with E-state index in [0.29, 0.717) is 28.6 Å². The molecule has 0 bridgehead atoms. The molecule has 2 aliphatic heterocycles. The normalized spacial score (nSPS) is 25.0. The number of hydrogen-bond acceptors (Lipinski definition) is 4. The highest BCUT2D eigenvalue weighted by molar-refractivity contribution is 6.30. The second-order valence-corrected chi connectivity index (χ2v) is 10.5. The maximum absolute atomic E-state index is 14.3. The van der Waals surface area contributed by atoms with Gasteiger partial charge >= 0.3 is 5.97 Å². The number of amides is 1. The largest absolute Gasteiger partial charge is 0.340 e. The highest BCUT2D eigenvalue weighted by Gasteiger charge is 2.51. The summed E-state index contributed by atoms with van der Waals surface area (Å²) < 4.78 is 0. The van der Waals surface area contributed by atoms with Crippen molar-refractivity contribution in [2.75, 3.05) is 0 Å². The SMILES string of the molecule is CCC(CC)N1C(=O)[C@@](C)(CC2=NOC(=O)C2)C[C@H](c2cccc(Cl)c2)[C@H]1c1ccc(Cl)cc1. The van der Waals surface area contributed by atoms with Gasteiger partial charge in [-0.15, -0.1) is 0 Å². The van der Waals surface area contributed by atoms with Crippen LogP contribution in [-0.4, -0.2) is 28.5 Å². The third kappa shape index (κ3) is 4.87. The molecule has 1 fully saturated rings.